The van der Waals surface area contributed by atoms with Crippen LogP contribution in [0, 0.1) is 0 Å². The molecule has 0 bridgehead atoms. The number of anilines is 1. The normalized spacial score (nSPS) is 24.3. The molecule has 1 atom stereocenters. The Labute approximate surface area is 94.3 Å². The van der Waals surface area contributed by atoms with Gasteiger partial charge in [-0.25, -0.2) is 4.98 Å². The average molecular weight is 227 g/mol. The van der Waals surface area contributed by atoms with Crippen molar-refractivity contribution < 1.29 is 0 Å². The minimum absolute atomic E-state index is 0.563. The molecule has 0 aromatic carbocycles. The lowest BCUT2D eigenvalue weighted by atomic mass is 10.2. The Morgan fingerprint density at radius 2 is 2.40 bits per heavy atom. The van der Waals surface area contributed by atoms with Crippen LogP contribution in [0.15, 0.2) is 6.33 Å². The lowest BCUT2D eigenvalue weighted by molar-refractivity contribution is 0.122. The van der Waals surface area contributed by atoms with Gasteiger partial charge in [-0.05, 0) is 14.1 Å². The first-order valence-corrected chi connectivity index (χ1v) is 5.92. The number of rotatable bonds is 3. The molecular weight excluding hydrogens is 210 g/mol. The maximum atomic E-state index is 4.11. The third-order valence-corrected chi connectivity index (χ3v) is 3.45. The molecule has 1 aliphatic heterocycles. The molecule has 2 heterocycles. The first kappa shape index (κ1) is 10.8. The predicted molar refractivity (Wildman–Crippen MR) is 62.3 cm³/mol. The van der Waals surface area contributed by atoms with E-state index in [1.54, 1.807) is 6.33 Å². The van der Waals surface area contributed by atoms with E-state index < -0.39 is 0 Å². The van der Waals surface area contributed by atoms with E-state index in [2.05, 4.69) is 38.6 Å². The van der Waals surface area contributed by atoms with Crippen LogP contribution in [0.5, 0.6) is 0 Å². The molecule has 1 unspecified atom stereocenters. The molecule has 5 nitrogen and oxygen atoms in total. The van der Waals surface area contributed by atoms with Crippen LogP contribution in [0.4, 0.5) is 5.13 Å². The van der Waals surface area contributed by atoms with Gasteiger partial charge >= 0.3 is 0 Å². The first-order valence-electron chi connectivity index (χ1n) is 5.15. The van der Waals surface area contributed by atoms with Gasteiger partial charge in [0.1, 0.15) is 6.33 Å². The molecule has 1 saturated heterocycles. The number of likely N-dealkylation sites (N-methyl/N-ethyl adjacent to an activating group) is 2. The van der Waals surface area contributed by atoms with E-state index in [1.165, 1.54) is 11.5 Å². The van der Waals surface area contributed by atoms with Crippen LogP contribution in [-0.2, 0) is 0 Å². The largest absolute Gasteiger partial charge is 0.359 e. The van der Waals surface area contributed by atoms with Crippen LogP contribution in [0.25, 0.3) is 0 Å². The van der Waals surface area contributed by atoms with E-state index in [-0.39, 0.29) is 0 Å². The van der Waals surface area contributed by atoms with Crippen molar-refractivity contribution in [2.75, 3.05) is 45.6 Å². The average Bonchev–Trinajstić information content (AvgIpc) is 2.72. The Bertz CT molecular complexity index is 289. The topological polar surface area (TPSA) is 44.3 Å². The Morgan fingerprint density at radius 1 is 1.53 bits per heavy atom. The van der Waals surface area contributed by atoms with Crippen LogP contribution in [0.2, 0.25) is 0 Å². The molecule has 1 N–H and O–H groups in total. The van der Waals surface area contributed by atoms with Gasteiger partial charge in [-0.15, -0.1) is 0 Å². The van der Waals surface area contributed by atoms with Crippen molar-refractivity contribution in [3.63, 3.8) is 0 Å². The van der Waals surface area contributed by atoms with Gasteiger partial charge in [0.05, 0.1) is 0 Å². The van der Waals surface area contributed by atoms with Crippen LogP contribution in [0.3, 0.4) is 0 Å². The standard InChI is InChI=1S/C9H17N5S/c1-13-3-4-14(2)8(6-13)5-10-9-11-7-12-15-9/h7-8H,3-6H2,1-2H3,(H,10,11,12). The molecule has 0 saturated carbocycles. The van der Waals surface area contributed by atoms with Crippen molar-refractivity contribution in [3.8, 4) is 0 Å². The van der Waals surface area contributed by atoms with Crippen LogP contribution in [0.1, 0.15) is 0 Å². The van der Waals surface area contributed by atoms with Crippen LogP contribution in [-0.4, -0.2) is 65.5 Å². The molecule has 0 spiro atoms. The fraction of sp³-hybridized carbons (Fsp3) is 0.778. The van der Waals surface area contributed by atoms with Crippen molar-refractivity contribution in [1.82, 2.24) is 19.2 Å². The molecule has 6 heteroatoms. The number of nitrogens with zero attached hydrogens (tertiary/aromatic N) is 4. The van der Waals surface area contributed by atoms with Gasteiger partial charge in [-0.2, -0.15) is 4.37 Å². The van der Waals surface area contributed by atoms with E-state index in [1.807, 2.05) is 0 Å². The highest BCUT2D eigenvalue weighted by Crippen LogP contribution is 2.10. The SMILES string of the molecule is CN1CCN(C)C(CNc2ncns2)C1. The van der Waals surface area contributed by atoms with E-state index in [9.17, 15) is 0 Å². The number of aromatic nitrogens is 2. The van der Waals surface area contributed by atoms with E-state index >= 15 is 0 Å². The lowest BCUT2D eigenvalue weighted by Crippen LogP contribution is -2.52. The summed E-state index contributed by atoms with van der Waals surface area (Å²) in [5, 5.41) is 4.24. The smallest absolute Gasteiger partial charge is 0.202 e. The van der Waals surface area contributed by atoms with Crippen molar-refractivity contribution in [2.45, 2.75) is 6.04 Å². The minimum Gasteiger partial charge on any atom is -0.359 e. The van der Waals surface area contributed by atoms with Crippen molar-refractivity contribution >= 4 is 16.7 Å². The van der Waals surface area contributed by atoms with Crippen LogP contribution < -0.4 is 5.32 Å². The minimum atomic E-state index is 0.563. The van der Waals surface area contributed by atoms with Gasteiger partial charge in [0.25, 0.3) is 0 Å². The fourth-order valence-electron chi connectivity index (χ4n) is 1.78. The highest BCUT2D eigenvalue weighted by atomic mass is 32.1. The Morgan fingerprint density at radius 3 is 3.13 bits per heavy atom. The predicted octanol–water partition coefficient (Wildman–Crippen LogP) is 0.196. The summed E-state index contributed by atoms with van der Waals surface area (Å²) in [6.45, 7) is 4.35. The molecule has 15 heavy (non-hydrogen) atoms. The summed E-state index contributed by atoms with van der Waals surface area (Å²) in [6.07, 6.45) is 1.59. The summed E-state index contributed by atoms with van der Waals surface area (Å²) in [5.74, 6) is 0. The summed E-state index contributed by atoms with van der Waals surface area (Å²) in [7, 11) is 4.35. The Hall–Kier alpha value is -0.720. The Kier molecular flexibility index (Phi) is 3.50. The van der Waals surface area contributed by atoms with Gasteiger partial charge in [-0.3, -0.25) is 4.90 Å². The van der Waals surface area contributed by atoms with E-state index in [0.29, 0.717) is 6.04 Å². The molecular formula is C9H17N5S. The molecule has 0 amide bonds. The fourth-order valence-corrected chi connectivity index (χ4v) is 2.21. The van der Waals surface area contributed by atoms with Gasteiger partial charge in [-0.1, -0.05) is 0 Å². The summed E-state index contributed by atoms with van der Waals surface area (Å²) >= 11 is 1.41. The maximum absolute atomic E-state index is 4.11. The summed E-state index contributed by atoms with van der Waals surface area (Å²) in [6, 6.07) is 0.563. The lowest BCUT2D eigenvalue weighted by Gasteiger charge is -2.37. The summed E-state index contributed by atoms with van der Waals surface area (Å²) < 4.78 is 3.96. The zero-order valence-electron chi connectivity index (χ0n) is 9.18. The third-order valence-electron chi connectivity index (χ3n) is 2.83. The third kappa shape index (κ3) is 2.87. The second kappa shape index (κ2) is 4.87. The quantitative estimate of drug-likeness (QED) is 0.799. The molecule has 1 aromatic rings. The van der Waals surface area contributed by atoms with Gasteiger partial charge < -0.3 is 10.2 Å². The number of nitrogens with one attached hydrogen (secondary N) is 1. The highest BCUT2D eigenvalue weighted by Gasteiger charge is 2.21. The number of hydrogen-bond acceptors (Lipinski definition) is 6. The molecule has 1 fully saturated rings. The number of piperazine rings is 1. The highest BCUT2D eigenvalue weighted by molar-refractivity contribution is 7.09. The van der Waals surface area contributed by atoms with E-state index in [0.717, 1.165) is 31.3 Å². The van der Waals surface area contributed by atoms with Gasteiger partial charge in [0.15, 0.2) is 0 Å². The van der Waals surface area contributed by atoms with Crippen molar-refractivity contribution in [2.24, 2.45) is 0 Å². The summed E-state index contributed by atoms with van der Waals surface area (Å²) in [5.41, 5.74) is 0. The molecule has 2 rings (SSSR count). The van der Waals surface area contributed by atoms with Crippen molar-refractivity contribution in [1.29, 1.82) is 0 Å². The summed E-state index contributed by atoms with van der Waals surface area (Å²) in [4.78, 5) is 8.87. The number of hydrogen-bond donors (Lipinski definition) is 1. The second-order valence-electron chi connectivity index (χ2n) is 4.02. The zero-order valence-corrected chi connectivity index (χ0v) is 10.00. The molecule has 0 aliphatic carbocycles. The first-order chi connectivity index (χ1) is 7.25. The Balaban J connectivity index is 1.82. The van der Waals surface area contributed by atoms with Crippen LogP contribution >= 0.6 is 11.5 Å². The van der Waals surface area contributed by atoms with Gasteiger partial charge in [0.2, 0.25) is 5.13 Å². The monoisotopic (exact) mass is 227 g/mol. The molecule has 84 valence electrons. The molecule has 1 aromatic heterocycles. The maximum Gasteiger partial charge on any atom is 0.202 e. The zero-order chi connectivity index (χ0) is 10.7. The van der Waals surface area contributed by atoms with Crippen molar-refractivity contribution in [3.05, 3.63) is 6.33 Å². The van der Waals surface area contributed by atoms with Gasteiger partial charge in [0, 0.05) is 43.8 Å². The van der Waals surface area contributed by atoms with E-state index in [4.69, 9.17) is 0 Å². The molecule has 1 aliphatic rings. The second-order valence-corrected chi connectivity index (χ2v) is 4.80. The molecule has 0 radical (unpaired) electrons.